The summed E-state index contributed by atoms with van der Waals surface area (Å²) in [4.78, 5) is 18.8. The molecule has 2 bridgehead atoms. The lowest BCUT2D eigenvalue weighted by Gasteiger charge is -2.45. The maximum Gasteiger partial charge on any atom is 0.405 e. The molecule has 1 aromatic carbocycles. The number of amides is 1. The lowest BCUT2D eigenvalue weighted by atomic mass is 9.75. The van der Waals surface area contributed by atoms with Crippen LogP contribution in [-0.2, 0) is 10.3 Å². The van der Waals surface area contributed by atoms with Gasteiger partial charge < -0.3 is 20.1 Å². The van der Waals surface area contributed by atoms with Crippen molar-refractivity contribution in [2.75, 3.05) is 19.6 Å². The first-order valence-electron chi connectivity index (χ1n) is 10.2. The van der Waals surface area contributed by atoms with Crippen LogP contribution in [0.5, 0.6) is 11.6 Å². The monoisotopic (exact) mass is 397 g/mol. The van der Waals surface area contributed by atoms with Crippen molar-refractivity contribution < 1.29 is 18.7 Å². The number of aromatic nitrogens is 1. The Balaban J connectivity index is 1.40. The van der Waals surface area contributed by atoms with Gasteiger partial charge in [-0.05, 0) is 68.1 Å². The lowest BCUT2D eigenvalue weighted by Crippen LogP contribution is -2.49. The number of nitrogens with two attached hydrogens (primary N) is 1. The number of rotatable bonds is 5. The minimum absolute atomic E-state index is 0.219. The van der Waals surface area contributed by atoms with Gasteiger partial charge >= 0.3 is 6.09 Å². The van der Waals surface area contributed by atoms with E-state index in [9.17, 15) is 9.18 Å². The highest BCUT2D eigenvalue weighted by Gasteiger charge is 2.65. The highest BCUT2D eigenvalue weighted by molar-refractivity contribution is 5.66. The predicted molar refractivity (Wildman–Crippen MR) is 104 cm³/mol. The van der Waals surface area contributed by atoms with Crippen LogP contribution in [0.3, 0.4) is 0 Å². The molecular weight excluding hydrogens is 373 g/mol. The highest BCUT2D eigenvalue weighted by Crippen LogP contribution is 2.61. The molecule has 6 nitrogen and oxygen atoms in total. The van der Waals surface area contributed by atoms with Crippen LogP contribution in [0.15, 0.2) is 42.5 Å². The van der Waals surface area contributed by atoms with Gasteiger partial charge in [-0.1, -0.05) is 6.07 Å². The predicted octanol–water partition coefficient (Wildman–Crippen LogP) is 3.67. The largest absolute Gasteiger partial charge is 0.439 e. The molecule has 4 fully saturated rings. The third-order valence-corrected chi connectivity index (χ3v) is 6.66. The summed E-state index contributed by atoms with van der Waals surface area (Å²) in [5.74, 6) is 1.91. The van der Waals surface area contributed by atoms with Crippen molar-refractivity contribution in [3.05, 3.63) is 54.0 Å². The Kier molecular flexibility index (Phi) is 4.42. The molecule has 7 heteroatoms. The molecule has 3 saturated heterocycles. The zero-order valence-corrected chi connectivity index (χ0v) is 16.1. The Hall–Kier alpha value is -2.67. The number of nitrogens with zero attached hydrogens (tertiary/aromatic N) is 2. The van der Waals surface area contributed by atoms with Crippen LogP contribution in [0.25, 0.3) is 0 Å². The third kappa shape index (κ3) is 3.44. The standard InChI is InChI=1S/C22H24FN3O3/c23-15-4-6-16(7-5-15)28-20-3-1-2-19(25-20)22(29-21(24)27)12-18(22)17-13-26-10-8-14(17)9-11-26/h1-7,14,17-18H,8-13H2,(H2,24,27). The SMILES string of the molecule is NC(=O)OC1(c2cccc(Oc3ccc(F)cc3)n2)CC1C1CN2CCC1CC2. The third-order valence-electron chi connectivity index (χ3n) is 6.66. The molecule has 1 aromatic heterocycles. The van der Waals surface area contributed by atoms with Gasteiger partial charge in [0.25, 0.3) is 0 Å². The Bertz CT molecular complexity index is 914. The average molecular weight is 397 g/mol. The van der Waals surface area contributed by atoms with E-state index in [1.807, 2.05) is 12.1 Å². The summed E-state index contributed by atoms with van der Waals surface area (Å²) >= 11 is 0. The van der Waals surface area contributed by atoms with Crippen LogP contribution in [0, 0.1) is 23.6 Å². The number of pyridine rings is 1. The molecular formula is C22H24FN3O3. The molecule has 4 heterocycles. The average Bonchev–Trinajstić information content (AvgIpc) is 3.45. The number of halogens is 1. The molecule has 4 aliphatic rings. The summed E-state index contributed by atoms with van der Waals surface area (Å²) in [5.41, 5.74) is 5.32. The minimum atomic E-state index is -0.780. The number of fused-ring (bicyclic) bond motifs is 3. The second-order valence-corrected chi connectivity index (χ2v) is 8.34. The van der Waals surface area contributed by atoms with Crippen LogP contribution >= 0.6 is 0 Å². The van der Waals surface area contributed by atoms with Crippen LogP contribution in [-0.4, -0.2) is 35.6 Å². The molecule has 1 saturated carbocycles. The summed E-state index contributed by atoms with van der Waals surface area (Å²) < 4.78 is 24.6. The molecule has 2 aromatic rings. The number of piperidine rings is 3. The molecule has 1 amide bonds. The van der Waals surface area contributed by atoms with Gasteiger partial charge in [-0.2, -0.15) is 0 Å². The smallest absolute Gasteiger partial charge is 0.405 e. The van der Waals surface area contributed by atoms with Crippen LogP contribution < -0.4 is 10.5 Å². The van der Waals surface area contributed by atoms with Gasteiger partial charge in [0.15, 0.2) is 5.60 Å². The lowest BCUT2D eigenvalue weighted by molar-refractivity contribution is 0.00718. The summed E-state index contributed by atoms with van der Waals surface area (Å²) in [6, 6.07) is 11.2. The van der Waals surface area contributed by atoms with Crippen molar-refractivity contribution in [2.24, 2.45) is 23.5 Å². The number of hydrogen-bond acceptors (Lipinski definition) is 5. The fourth-order valence-corrected chi connectivity index (χ4v) is 5.21. The van der Waals surface area contributed by atoms with Crippen LogP contribution in [0.4, 0.5) is 9.18 Å². The van der Waals surface area contributed by atoms with Gasteiger partial charge in [0.2, 0.25) is 5.88 Å². The van der Waals surface area contributed by atoms with E-state index < -0.39 is 11.7 Å². The molecule has 0 spiro atoms. The van der Waals surface area contributed by atoms with Gasteiger partial charge in [0.1, 0.15) is 11.6 Å². The summed E-state index contributed by atoms with van der Waals surface area (Å²) in [7, 11) is 0. The highest BCUT2D eigenvalue weighted by atomic mass is 19.1. The summed E-state index contributed by atoms with van der Waals surface area (Å²) in [6.45, 7) is 3.37. The van der Waals surface area contributed by atoms with Crippen LogP contribution in [0.2, 0.25) is 0 Å². The maximum atomic E-state index is 13.1. The van der Waals surface area contributed by atoms with Crippen molar-refractivity contribution in [2.45, 2.75) is 24.9 Å². The van der Waals surface area contributed by atoms with Crippen molar-refractivity contribution >= 4 is 6.09 Å². The molecule has 2 N–H and O–H groups in total. The Morgan fingerprint density at radius 3 is 2.59 bits per heavy atom. The first kappa shape index (κ1) is 18.4. The Labute approximate surface area is 168 Å². The quantitative estimate of drug-likeness (QED) is 0.833. The van der Waals surface area contributed by atoms with E-state index in [0.717, 1.165) is 26.1 Å². The van der Waals surface area contributed by atoms with E-state index in [0.29, 0.717) is 29.2 Å². The van der Waals surface area contributed by atoms with Crippen molar-refractivity contribution in [1.29, 1.82) is 0 Å². The zero-order valence-electron chi connectivity index (χ0n) is 16.1. The van der Waals surface area contributed by atoms with Crippen molar-refractivity contribution in [3.63, 3.8) is 0 Å². The number of ether oxygens (including phenoxy) is 2. The molecule has 29 heavy (non-hydrogen) atoms. The second kappa shape index (κ2) is 6.99. The molecule has 1 aliphatic carbocycles. The van der Waals surface area contributed by atoms with Crippen molar-refractivity contribution in [3.8, 4) is 11.6 Å². The second-order valence-electron chi connectivity index (χ2n) is 8.34. The Morgan fingerprint density at radius 2 is 1.93 bits per heavy atom. The first-order valence-corrected chi connectivity index (χ1v) is 10.2. The molecule has 152 valence electrons. The van der Waals surface area contributed by atoms with Gasteiger partial charge in [-0.25, -0.2) is 14.2 Å². The number of carbonyl (C=O) groups is 1. The fraction of sp³-hybridized carbons (Fsp3) is 0.455. The molecule has 3 unspecified atom stereocenters. The van der Waals surface area contributed by atoms with Gasteiger partial charge in [-0.3, -0.25) is 0 Å². The molecule has 3 aliphatic heterocycles. The minimum Gasteiger partial charge on any atom is -0.439 e. The van der Waals surface area contributed by atoms with Gasteiger partial charge in [-0.15, -0.1) is 0 Å². The number of primary amides is 1. The normalized spacial score (nSPS) is 32.6. The van der Waals surface area contributed by atoms with Crippen LogP contribution in [0.1, 0.15) is 25.0 Å². The Morgan fingerprint density at radius 1 is 1.17 bits per heavy atom. The maximum absolute atomic E-state index is 13.1. The first-order chi connectivity index (χ1) is 14.0. The van der Waals surface area contributed by atoms with Gasteiger partial charge in [0.05, 0.1) is 5.69 Å². The number of carbonyl (C=O) groups excluding carboxylic acids is 1. The van der Waals surface area contributed by atoms with E-state index >= 15 is 0 Å². The van der Waals surface area contributed by atoms with E-state index in [1.165, 1.54) is 25.0 Å². The number of benzene rings is 1. The van der Waals surface area contributed by atoms with Crippen molar-refractivity contribution in [1.82, 2.24) is 9.88 Å². The van der Waals surface area contributed by atoms with E-state index in [4.69, 9.17) is 15.2 Å². The van der Waals surface area contributed by atoms with Gasteiger partial charge in [0, 0.05) is 24.9 Å². The topological polar surface area (TPSA) is 77.7 Å². The molecule has 6 rings (SSSR count). The van der Waals surface area contributed by atoms with E-state index in [2.05, 4.69) is 9.88 Å². The van der Waals surface area contributed by atoms with E-state index in [-0.39, 0.29) is 11.7 Å². The van der Waals surface area contributed by atoms with E-state index in [1.54, 1.807) is 18.2 Å². The number of hydrogen-bond donors (Lipinski definition) is 1. The summed E-state index contributed by atoms with van der Waals surface area (Å²) in [6.07, 6.45) is 2.36. The fourth-order valence-electron chi connectivity index (χ4n) is 5.21. The molecule has 0 radical (unpaired) electrons. The zero-order chi connectivity index (χ0) is 20.0. The molecule has 3 atom stereocenters. The summed E-state index contributed by atoms with van der Waals surface area (Å²) in [5, 5.41) is 0.